The van der Waals surface area contributed by atoms with Gasteiger partial charge in [0.05, 0.1) is 12.0 Å². The predicted molar refractivity (Wildman–Crippen MR) is 98.8 cm³/mol. The molecule has 1 atom stereocenters. The molecule has 0 aliphatic heterocycles. The average Bonchev–Trinajstić information content (AvgIpc) is 2.92. The lowest BCUT2D eigenvalue weighted by Crippen LogP contribution is -2.31. The maximum absolute atomic E-state index is 12.3. The van der Waals surface area contributed by atoms with Crippen LogP contribution >= 0.6 is 11.3 Å². The number of hydrogen-bond acceptors (Lipinski definition) is 8. The summed E-state index contributed by atoms with van der Waals surface area (Å²) in [5, 5.41) is 13.1. The van der Waals surface area contributed by atoms with E-state index in [1.165, 1.54) is 24.8 Å². The van der Waals surface area contributed by atoms with Gasteiger partial charge in [-0.2, -0.15) is 0 Å². The largest absolute Gasteiger partial charge is 0.480 e. The Morgan fingerprint density at radius 3 is 2.65 bits per heavy atom. The fraction of sp³-hybridized carbons (Fsp3) is 0.529. The van der Waals surface area contributed by atoms with Crippen molar-refractivity contribution in [2.45, 2.75) is 33.2 Å². The third kappa shape index (κ3) is 4.67. The van der Waals surface area contributed by atoms with Crippen LogP contribution in [-0.2, 0) is 14.3 Å². The lowest BCUT2D eigenvalue weighted by atomic mass is 10.0. The summed E-state index contributed by atoms with van der Waals surface area (Å²) in [7, 11) is 1.53. The molecule has 2 heterocycles. The molecule has 26 heavy (non-hydrogen) atoms. The van der Waals surface area contributed by atoms with Gasteiger partial charge in [0.2, 0.25) is 0 Å². The van der Waals surface area contributed by atoms with Crippen molar-refractivity contribution in [3.8, 4) is 0 Å². The summed E-state index contributed by atoms with van der Waals surface area (Å²) in [6.45, 7) is 6.17. The molecule has 9 heteroatoms. The molecule has 142 valence electrons. The second-order valence-electron chi connectivity index (χ2n) is 6.25. The monoisotopic (exact) mass is 381 g/mol. The van der Waals surface area contributed by atoms with Crippen LogP contribution in [0, 0.1) is 12.8 Å². The number of nitrogens with zero attached hydrogens (tertiary/aromatic N) is 2. The number of ether oxygens (including phenoxy) is 2. The minimum Gasteiger partial charge on any atom is -0.480 e. The summed E-state index contributed by atoms with van der Waals surface area (Å²) in [6.07, 6.45) is 1.81. The Morgan fingerprint density at radius 2 is 2.04 bits per heavy atom. The van der Waals surface area contributed by atoms with Crippen LogP contribution < -0.4 is 5.32 Å². The zero-order chi connectivity index (χ0) is 19.3. The number of aliphatic carboxylic acids is 1. The van der Waals surface area contributed by atoms with Crippen LogP contribution in [0.25, 0.3) is 10.2 Å². The minimum absolute atomic E-state index is 0.162. The van der Waals surface area contributed by atoms with Gasteiger partial charge in [-0.15, -0.1) is 11.3 Å². The number of fused-ring (bicyclic) bond motifs is 1. The number of aromatic nitrogens is 2. The summed E-state index contributed by atoms with van der Waals surface area (Å²) in [6, 6.07) is -0.774. The Hall–Kier alpha value is -2.26. The molecule has 0 aliphatic carbocycles. The number of esters is 1. The van der Waals surface area contributed by atoms with Crippen molar-refractivity contribution in [1.29, 1.82) is 0 Å². The SMILES string of the molecule is COCCOC(=O)c1sc2ncnc(NC(CC(C)C)C(=O)O)c2c1C. The smallest absolute Gasteiger partial charge is 0.348 e. The van der Waals surface area contributed by atoms with Gasteiger partial charge in [0, 0.05) is 7.11 Å². The Kier molecular flexibility index (Phi) is 6.87. The average molecular weight is 381 g/mol. The lowest BCUT2D eigenvalue weighted by molar-refractivity contribution is -0.138. The molecule has 0 saturated heterocycles. The van der Waals surface area contributed by atoms with E-state index < -0.39 is 18.0 Å². The van der Waals surface area contributed by atoms with Crippen molar-refractivity contribution in [2.24, 2.45) is 5.92 Å². The maximum atomic E-state index is 12.3. The van der Waals surface area contributed by atoms with Crippen LogP contribution in [0.5, 0.6) is 0 Å². The van der Waals surface area contributed by atoms with E-state index in [2.05, 4.69) is 15.3 Å². The fourth-order valence-electron chi connectivity index (χ4n) is 2.52. The molecule has 2 N–H and O–H groups in total. The number of carbonyl (C=O) groups is 2. The zero-order valence-electron chi connectivity index (χ0n) is 15.2. The number of nitrogens with one attached hydrogen (secondary N) is 1. The number of thiophene rings is 1. The summed E-state index contributed by atoms with van der Waals surface area (Å²) in [4.78, 5) is 33.2. The van der Waals surface area contributed by atoms with E-state index >= 15 is 0 Å². The van der Waals surface area contributed by atoms with Crippen LogP contribution in [0.1, 0.15) is 35.5 Å². The normalized spacial score (nSPS) is 12.3. The molecule has 0 radical (unpaired) electrons. The summed E-state index contributed by atoms with van der Waals surface area (Å²) >= 11 is 1.20. The number of hydrogen-bond donors (Lipinski definition) is 2. The molecule has 0 spiro atoms. The fourth-order valence-corrected chi connectivity index (χ4v) is 3.56. The van der Waals surface area contributed by atoms with Gasteiger partial charge in [-0.3, -0.25) is 0 Å². The van der Waals surface area contributed by atoms with Crippen molar-refractivity contribution in [3.63, 3.8) is 0 Å². The summed E-state index contributed by atoms with van der Waals surface area (Å²) < 4.78 is 10.0. The number of rotatable bonds is 9. The predicted octanol–water partition coefficient (Wildman–Crippen LogP) is 2.71. The van der Waals surface area contributed by atoms with E-state index in [1.807, 2.05) is 13.8 Å². The second-order valence-corrected chi connectivity index (χ2v) is 7.25. The third-order valence-corrected chi connectivity index (χ3v) is 4.93. The van der Waals surface area contributed by atoms with Gasteiger partial charge >= 0.3 is 11.9 Å². The van der Waals surface area contributed by atoms with Crippen molar-refractivity contribution in [3.05, 3.63) is 16.8 Å². The molecular formula is C17H23N3O5S. The highest BCUT2D eigenvalue weighted by atomic mass is 32.1. The highest BCUT2D eigenvalue weighted by molar-refractivity contribution is 7.20. The standard InChI is InChI=1S/C17H23N3O5S/c1-9(2)7-11(16(21)22)20-14-12-10(3)13(17(23)25-6-5-24-4)26-15(12)19-8-18-14/h8-9,11H,5-7H2,1-4H3,(H,21,22)(H,18,19,20). The Labute approximate surface area is 155 Å². The molecule has 0 aromatic carbocycles. The van der Waals surface area contributed by atoms with Crippen molar-refractivity contribution in [1.82, 2.24) is 9.97 Å². The van der Waals surface area contributed by atoms with Gasteiger partial charge in [0.1, 0.15) is 34.5 Å². The van der Waals surface area contributed by atoms with E-state index in [9.17, 15) is 14.7 Å². The van der Waals surface area contributed by atoms with Gasteiger partial charge in [0.15, 0.2) is 0 Å². The van der Waals surface area contributed by atoms with Gasteiger partial charge in [-0.25, -0.2) is 19.6 Å². The highest BCUT2D eigenvalue weighted by Gasteiger charge is 2.24. The molecule has 0 aliphatic rings. The first-order valence-corrected chi connectivity index (χ1v) is 9.06. The Bertz CT molecular complexity index is 790. The van der Waals surface area contributed by atoms with Crippen LogP contribution in [0.3, 0.4) is 0 Å². The first-order chi connectivity index (χ1) is 12.3. The Balaban J connectivity index is 2.34. The molecule has 1 unspecified atom stereocenters. The number of carboxylic acids is 1. The van der Waals surface area contributed by atoms with Gasteiger partial charge < -0.3 is 19.9 Å². The van der Waals surface area contributed by atoms with Gasteiger partial charge in [0.25, 0.3) is 0 Å². The molecular weight excluding hydrogens is 358 g/mol. The first kappa shape index (κ1) is 20.1. The second kappa shape index (κ2) is 8.91. The lowest BCUT2D eigenvalue weighted by Gasteiger charge is -2.17. The summed E-state index contributed by atoms with van der Waals surface area (Å²) in [5.74, 6) is -0.786. The third-order valence-electron chi connectivity index (χ3n) is 3.75. The van der Waals surface area contributed by atoms with Gasteiger partial charge in [-0.05, 0) is 24.8 Å². The quantitative estimate of drug-likeness (QED) is 0.504. The maximum Gasteiger partial charge on any atom is 0.348 e. The molecule has 0 bridgehead atoms. The van der Waals surface area contributed by atoms with Crippen LogP contribution in [0.4, 0.5) is 5.82 Å². The molecule has 2 rings (SSSR count). The van der Waals surface area contributed by atoms with Crippen molar-refractivity contribution in [2.75, 3.05) is 25.6 Å². The van der Waals surface area contributed by atoms with Crippen molar-refractivity contribution >= 4 is 39.3 Å². The molecule has 0 amide bonds. The van der Waals surface area contributed by atoms with Gasteiger partial charge in [-0.1, -0.05) is 13.8 Å². The van der Waals surface area contributed by atoms with Crippen LogP contribution in [0.2, 0.25) is 0 Å². The van der Waals surface area contributed by atoms with E-state index in [0.29, 0.717) is 39.5 Å². The molecule has 0 saturated carbocycles. The van der Waals surface area contributed by atoms with Crippen LogP contribution in [-0.4, -0.2) is 53.4 Å². The Morgan fingerprint density at radius 1 is 1.31 bits per heavy atom. The molecule has 2 aromatic rings. The number of aryl methyl sites for hydroxylation is 1. The van der Waals surface area contributed by atoms with Crippen LogP contribution in [0.15, 0.2) is 6.33 Å². The molecule has 0 fully saturated rings. The van der Waals surface area contributed by atoms with E-state index in [4.69, 9.17) is 9.47 Å². The number of anilines is 1. The topological polar surface area (TPSA) is 111 Å². The van der Waals surface area contributed by atoms with E-state index in [1.54, 1.807) is 6.92 Å². The van der Waals surface area contributed by atoms with E-state index in [0.717, 1.165) is 0 Å². The minimum atomic E-state index is -0.947. The summed E-state index contributed by atoms with van der Waals surface area (Å²) in [5.41, 5.74) is 0.671. The number of methoxy groups -OCH3 is 1. The van der Waals surface area contributed by atoms with Crippen molar-refractivity contribution < 1.29 is 24.2 Å². The first-order valence-electron chi connectivity index (χ1n) is 8.24. The molecule has 2 aromatic heterocycles. The zero-order valence-corrected chi connectivity index (χ0v) is 16.1. The highest BCUT2D eigenvalue weighted by Crippen LogP contribution is 2.34. The number of carboxylic acid groups (broad SMARTS) is 1. The number of carbonyl (C=O) groups excluding carboxylic acids is 1. The molecule has 8 nitrogen and oxygen atoms in total. The van der Waals surface area contributed by atoms with E-state index in [-0.39, 0.29) is 12.5 Å².